The SMILES string of the molecule is Cc1ccc(NC(=O)COC(=O)[C@H]2C[C@@H]2C)cc1. The molecule has 1 aliphatic rings. The maximum absolute atomic E-state index is 11.5. The summed E-state index contributed by atoms with van der Waals surface area (Å²) >= 11 is 0. The molecule has 2 rings (SSSR count). The Hall–Kier alpha value is -1.84. The second-order valence-electron chi connectivity index (χ2n) is 4.84. The van der Waals surface area contributed by atoms with Crippen molar-refractivity contribution in [2.45, 2.75) is 20.3 Å². The summed E-state index contributed by atoms with van der Waals surface area (Å²) < 4.78 is 4.94. The predicted molar refractivity (Wildman–Crippen MR) is 68.0 cm³/mol. The molecule has 18 heavy (non-hydrogen) atoms. The molecule has 1 saturated carbocycles. The van der Waals surface area contributed by atoms with Gasteiger partial charge in [0.25, 0.3) is 5.91 Å². The van der Waals surface area contributed by atoms with E-state index in [0.29, 0.717) is 11.6 Å². The molecule has 1 aliphatic carbocycles. The van der Waals surface area contributed by atoms with Crippen LogP contribution < -0.4 is 5.32 Å². The third-order valence-corrected chi connectivity index (χ3v) is 3.09. The molecule has 1 N–H and O–H groups in total. The fraction of sp³-hybridized carbons (Fsp3) is 0.429. The fourth-order valence-electron chi connectivity index (χ4n) is 1.73. The number of carbonyl (C=O) groups is 2. The lowest BCUT2D eigenvalue weighted by molar-refractivity contribution is -0.148. The maximum atomic E-state index is 11.5. The number of hydrogen-bond acceptors (Lipinski definition) is 3. The molecule has 1 fully saturated rings. The van der Waals surface area contributed by atoms with Gasteiger partial charge in [0.1, 0.15) is 0 Å². The molecule has 0 aromatic heterocycles. The van der Waals surface area contributed by atoms with E-state index in [9.17, 15) is 9.59 Å². The summed E-state index contributed by atoms with van der Waals surface area (Å²) in [4.78, 5) is 23.0. The van der Waals surface area contributed by atoms with Crippen LogP contribution in [0.15, 0.2) is 24.3 Å². The molecule has 1 amide bonds. The summed E-state index contributed by atoms with van der Waals surface area (Å²) in [5, 5.41) is 2.68. The first-order valence-electron chi connectivity index (χ1n) is 6.09. The summed E-state index contributed by atoms with van der Waals surface area (Å²) in [5.74, 6) is -0.170. The quantitative estimate of drug-likeness (QED) is 0.829. The normalized spacial score (nSPS) is 21.2. The molecule has 0 heterocycles. The number of carbonyl (C=O) groups excluding carboxylic acids is 2. The Labute approximate surface area is 106 Å². The molecule has 4 heteroatoms. The lowest BCUT2D eigenvalue weighted by Crippen LogP contribution is -2.21. The largest absolute Gasteiger partial charge is 0.455 e. The van der Waals surface area contributed by atoms with Gasteiger partial charge >= 0.3 is 5.97 Å². The van der Waals surface area contributed by atoms with E-state index in [0.717, 1.165) is 12.0 Å². The van der Waals surface area contributed by atoms with Crippen LogP contribution in [0.1, 0.15) is 18.9 Å². The second-order valence-corrected chi connectivity index (χ2v) is 4.84. The lowest BCUT2D eigenvalue weighted by Gasteiger charge is -2.06. The molecule has 0 saturated heterocycles. The Morgan fingerprint density at radius 1 is 1.33 bits per heavy atom. The van der Waals surface area contributed by atoms with E-state index in [1.165, 1.54) is 0 Å². The molecule has 1 aromatic carbocycles. The Morgan fingerprint density at radius 3 is 2.50 bits per heavy atom. The number of esters is 1. The van der Waals surface area contributed by atoms with Gasteiger partial charge in [-0.15, -0.1) is 0 Å². The van der Waals surface area contributed by atoms with E-state index < -0.39 is 0 Å². The standard InChI is InChI=1S/C14H17NO3/c1-9-3-5-11(6-4-9)15-13(16)8-18-14(17)12-7-10(12)2/h3-6,10,12H,7-8H2,1-2H3,(H,15,16)/t10-,12-/m0/s1. The number of benzene rings is 1. The van der Waals surface area contributed by atoms with Crippen molar-refractivity contribution in [2.24, 2.45) is 11.8 Å². The topological polar surface area (TPSA) is 55.4 Å². The first-order chi connectivity index (χ1) is 8.56. The van der Waals surface area contributed by atoms with Crippen molar-refractivity contribution in [2.75, 3.05) is 11.9 Å². The van der Waals surface area contributed by atoms with Gasteiger partial charge in [0, 0.05) is 5.69 Å². The van der Waals surface area contributed by atoms with Gasteiger partial charge in [-0.3, -0.25) is 9.59 Å². The fourth-order valence-corrected chi connectivity index (χ4v) is 1.73. The van der Waals surface area contributed by atoms with Gasteiger partial charge < -0.3 is 10.1 Å². The van der Waals surface area contributed by atoms with Crippen molar-refractivity contribution in [3.8, 4) is 0 Å². The van der Waals surface area contributed by atoms with E-state index in [1.807, 2.05) is 38.1 Å². The minimum atomic E-state index is -0.305. The average molecular weight is 247 g/mol. The highest BCUT2D eigenvalue weighted by Crippen LogP contribution is 2.38. The molecular formula is C14H17NO3. The number of aryl methyl sites for hydroxylation is 1. The maximum Gasteiger partial charge on any atom is 0.309 e. The van der Waals surface area contributed by atoms with Crippen LogP contribution >= 0.6 is 0 Å². The van der Waals surface area contributed by atoms with Crippen molar-refractivity contribution in [1.29, 1.82) is 0 Å². The molecule has 2 atom stereocenters. The Morgan fingerprint density at radius 2 is 1.94 bits per heavy atom. The van der Waals surface area contributed by atoms with Gasteiger partial charge in [0.05, 0.1) is 5.92 Å². The van der Waals surface area contributed by atoms with Crippen LogP contribution in [0.4, 0.5) is 5.69 Å². The average Bonchev–Trinajstić information content (AvgIpc) is 3.06. The van der Waals surface area contributed by atoms with Crippen LogP contribution in [0.25, 0.3) is 0 Å². The molecule has 0 radical (unpaired) electrons. The zero-order chi connectivity index (χ0) is 13.1. The highest BCUT2D eigenvalue weighted by Gasteiger charge is 2.40. The molecule has 4 nitrogen and oxygen atoms in total. The van der Waals surface area contributed by atoms with Gasteiger partial charge in [-0.2, -0.15) is 0 Å². The van der Waals surface area contributed by atoms with Crippen molar-refractivity contribution >= 4 is 17.6 Å². The summed E-state index contributed by atoms with van der Waals surface area (Å²) in [6.07, 6.45) is 0.873. The number of rotatable bonds is 4. The first kappa shape index (κ1) is 12.6. The van der Waals surface area contributed by atoms with Gasteiger partial charge in [-0.25, -0.2) is 0 Å². The van der Waals surface area contributed by atoms with Crippen molar-refractivity contribution in [3.63, 3.8) is 0 Å². The van der Waals surface area contributed by atoms with Gasteiger partial charge in [0.15, 0.2) is 6.61 Å². The highest BCUT2D eigenvalue weighted by molar-refractivity contribution is 5.93. The van der Waals surface area contributed by atoms with Crippen LogP contribution in [-0.4, -0.2) is 18.5 Å². The van der Waals surface area contributed by atoms with E-state index in [-0.39, 0.29) is 24.4 Å². The zero-order valence-electron chi connectivity index (χ0n) is 10.6. The summed E-state index contributed by atoms with van der Waals surface area (Å²) in [7, 11) is 0. The molecule has 0 aliphatic heterocycles. The van der Waals surface area contributed by atoms with Crippen LogP contribution in [0, 0.1) is 18.8 Å². The van der Waals surface area contributed by atoms with Crippen molar-refractivity contribution in [3.05, 3.63) is 29.8 Å². The van der Waals surface area contributed by atoms with Crippen LogP contribution in [0.2, 0.25) is 0 Å². The van der Waals surface area contributed by atoms with Gasteiger partial charge in [-0.05, 0) is 31.4 Å². The van der Waals surface area contributed by atoms with Crippen LogP contribution in [0.5, 0.6) is 0 Å². The van der Waals surface area contributed by atoms with E-state index in [2.05, 4.69) is 5.32 Å². The Bertz CT molecular complexity index is 453. The first-order valence-corrected chi connectivity index (χ1v) is 6.09. The number of nitrogens with one attached hydrogen (secondary N) is 1. The predicted octanol–water partition coefficient (Wildman–Crippen LogP) is 2.13. The zero-order valence-corrected chi connectivity index (χ0v) is 10.6. The number of ether oxygens (including phenoxy) is 1. The van der Waals surface area contributed by atoms with Crippen molar-refractivity contribution < 1.29 is 14.3 Å². The Kier molecular flexibility index (Phi) is 3.65. The third kappa shape index (κ3) is 3.32. The smallest absolute Gasteiger partial charge is 0.309 e. The van der Waals surface area contributed by atoms with Gasteiger partial charge in [0.2, 0.25) is 0 Å². The molecule has 0 bridgehead atoms. The molecule has 96 valence electrons. The summed E-state index contributed by atoms with van der Waals surface area (Å²) in [6, 6.07) is 7.46. The van der Waals surface area contributed by atoms with E-state index in [4.69, 9.17) is 4.74 Å². The number of hydrogen-bond donors (Lipinski definition) is 1. The van der Waals surface area contributed by atoms with Crippen molar-refractivity contribution in [1.82, 2.24) is 0 Å². The number of amides is 1. The van der Waals surface area contributed by atoms with E-state index >= 15 is 0 Å². The molecular weight excluding hydrogens is 230 g/mol. The monoisotopic (exact) mass is 247 g/mol. The summed E-state index contributed by atoms with van der Waals surface area (Å²) in [6.45, 7) is 3.76. The van der Waals surface area contributed by atoms with Gasteiger partial charge in [-0.1, -0.05) is 24.6 Å². The third-order valence-electron chi connectivity index (χ3n) is 3.09. The minimum Gasteiger partial charge on any atom is -0.455 e. The minimum absolute atomic E-state index is 0.00262. The lowest BCUT2D eigenvalue weighted by atomic mass is 10.2. The number of anilines is 1. The molecule has 0 unspecified atom stereocenters. The molecule has 1 aromatic rings. The van der Waals surface area contributed by atoms with Crippen LogP contribution in [-0.2, 0) is 14.3 Å². The van der Waals surface area contributed by atoms with E-state index in [1.54, 1.807) is 0 Å². The van der Waals surface area contributed by atoms with Crippen LogP contribution in [0.3, 0.4) is 0 Å². The Balaban J connectivity index is 1.75. The highest BCUT2D eigenvalue weighted by atomic mass is 16.5. The summed E-state index contributed by atoms with van der Waals surface area (Å²) in [5.41, 5.74) is 1.84. The second kappa shape index (κ2) is 5.21. The molecule has 0 spiro atoms.